The Hall–Kier alpha value is -1.14. The van der Waals surface area contributed by atoms with Gasteiger partial charge in [-0.2, -0.15) is 0 Å². The molecule has 0 aliphatic heterocycles. The summed E-state index contributed by atoms with van der Waals surface area (Å²) in [6.07, 6.45) is 9.46. The third-order valence-electron chi connectivity index (χ3n) is 3.47. The molecule has 124 valence electrons. The Morgan fingerprint density at radius 2 is 2.04 bits per heavy atom. The molecule has 0 spiro atoms. The number of nitrogens with zero attached hydrogens (tertiary/aromatic N) is 1. The van der Waals surface area contributed by atoms with Gasteiger partial charge >= 0.3 is 0 Å². The van der Waals surface area contributed by atoms with Gasteiger partial charge in [-0.1, -0.05) is 6.08 Å². The van der Waals surface area contributed by atoms with Crippen molar-refractivity contribution in [1.29, 1.82) is 0 Å². The van der Waals surface area contributed by atoms with Crippen LogP contribution in [0.25, 0.3) is 0 Å². The van der Waals surface area contributed by atoms with Crippen LogP contribution in [0.5, 0.6) is 5.75 Å². The van der Waals surface area contributed by atoms with Crippen molar-refractivity contribution >= 4 is 23.7 Å². The van der Waals surface area contributed by atoms with Crippen molar-refractivity contribution in [3.63, 3.8) is 0 Å². The van der Waals surface area contributed by atoms with Crippen LogP contribution in [0.15, 0.2) is 57.6 Å². The lowest BCUT2D eigenvalue weighted by Crippen LogP contribution is -2.12. The third-order valence-corrected chi connectivity index (χ3v) is 4.93. The van der Waals surface area contributed by atoms with Crippen LogP contribution in [0.1, 0.15) is 18.9 Å². The molecule has 0 amide bonds. The fourth-order valence-electron chi connectivity index (χ4n) is 2.42. The fraction of sp³-hybridized carbons (Fsp3) is 0.333. The van der Waals surface area contributed by atoms with Crippen LogP contribution in [-0.4, -0.2) is 25.3 Å². The number of thioether (sulfide) groups is 1. The standard InChI is InChI=1S/C18H24N2OS2/c1-13-10-15(6-5-7-18(13)22-4)21-17-9-8-16(23-19)11-14(17)12-20(2)3/h6-11H,5,12,19H2,1-4H3. The Morgan fingerprint density at radius 1 is 1.26 bits per heavy atom. The van der Waals surface area contributed by atoms with Gasteiger partial charge in [-0.15, -0.1) is 11.8 Å². The van der Waals surface area contributed by atoms with Gasteiger partial charge in [-0.3, -0.25) is 5.14 Å². The molecule has 3 nitrogen and oxygen atoms in total. The van der Waals surface area contributed by atoms with E-state index in [0.717, 1.165) is 34.9 Å². The largest absolute Gasteiger partial charge is 0.457 e. The van der Waals surface area contributed by atoms with Crippen LogP contribution in [-0.2, 0) is 6.54 Å². The van der Waals surface area contributed by atoms with E-state index in [0.29, 0.717) is 0 Å². The molecule has 0 saturated carbocycles. The first-order valence-corrected chi connectivity index (χ1v) is 9.59. The Bertz CT molecular complexity index is 648. The Balaban J connectivity index is 2.26. The molecule has 0 heterocycles. The molecular formula is C18H24N2OS2. The van der Waals surface area contributed by atoms with E-state index in [4.69, 9.17) is 9.88 Å². The summed E-state index contributed by atoms with van der Waals surface area (Å²) >= 11 is 3.03. The highest BCUT2D eigenvalue weighted by Crippen LogP contribution is 2.30. The van der Waals surface area contributed by atoms with E-state index in [2.05, 4.69) is 56.5 Å². The highest BCUT2D eigenvalue weighted by molar-refractivity contribution is 8.02. The number of hydrogen-bond acceptors (Lipinski definition) is 5. The molecule has 0 atom stereocenters. The quantitative estimate of drug-likeness (QED) is 0.762. The van der Waals surface area contributed by atoms with Crippen molar-refractivity contribution in [3.8, 4) is 5.75 Å². The second kappa shape index (κ2) is 8.64. The van der Waals surface area contributed by atoms with Gasteiger partial charge in [0.15, 0.2) is 0 Å². The first-order chi connectivity index (χ1) is 11.0. The maximum absolute atomic E-state index is 6.20. The number of rotatable bonds is 6. The van der Waals surface area contributed by atoms with Gasteiger partial charge in [0, 0.05) is 21.9 Å². The van der Waals surface area contributed by atoms with E-state index < -0.39 is 0 Å². The highest BCUT2D eigenvalue weighted by Gasteiger charge is 2.10. The zero-order valence-electron chi connectivity index (χ0n) is 14.1. The minimum Gasteiger partial charge on any atom is -0.457 e. The SMILES string of the molecule is CSC1=CCC=C(Oc2ccc(SN)cc2CN(C)C)C=C1C. The maximum Gasteiger partial charge on any atom is 0.131 e. The molecule has 5 heteroatoms. The topological polar surface area (TPSA) is 38.5 Å². The highest BCUT2D eigenvalue weighted by atomic mass is 32.2. The third kappa shape index (κ3) is 5.18. The summed E-state index contributed by atoms with van der Waals surface area (Å²) in [6.45, 7) is 2.94. The molecule has 0 fully saturated rings. The van der Waals surface area contributed by atoms with Crippen molar-refractivity contribution in [2.45, 2.75) is 24.8 Å². The summed E-state index contributed by atoms with van der Waals surface area (Å²) in [7, 11) is 4.10. The smallest absolute Gasteiger partial charge is 0.131 e. The molecule has 1 aromatic rings. The summed E-state index contributed by atoms with van der Waals surface area (Å²) in [5.74, 6) is 1.79. The molecule has 0 unspecified atom stereocenters. The van der Waals surface area contributed by atoms with E-state index in [1.807, 2.05) is 12.1 Å². The second-order valence-electron chi connectivity index (χ2n) is 5.67. The van der Waals surface area contributed by atoms with Gasteiger partial charge in [0.1, 0.15) is 11.5 Å². The Kier molecular flexibility index (Phi) is 6.84. The normalized spacial score (nSPS) is 15.0. The summed E-state index contributed by atoms with van der Waals surface area (Å²) in [6, 6.07) is 6.10. The second-order valence-corrected chi connectivity index (χ2v) is 7.22. The predicted octanol–water partition coefficient (Wildman–Crippen LogP) is 4.57. The van der Waals surface area contributed by atoms with Gasteiger partial charge in [-0.05, 0) is 81.6 Å². The summed E-state index contributed by atoms with van der Waals surface area (Å²) in [5, 5.41) is 5.69. The fourth-order valence-corrected chi connectivity index (χ4v) is 3.42. The maximum atomic E-state index is 6.20. The van der Waals surface area contributed by atoms with Crippen molar-refractivity contribution in [2.75, 3.05) is 20.4 Å². The average Bonchev–Trinajstić information content (AvgIpc) is 2.69. The van der Waals surface area contributed by atoms with E-state index >= 15 is 0 Å². The van der Waals surface area contributed by atoms with Crippen LogP contribution in [0.3, 0.4) is 0 Å². The lowest BCUT2D eigenvalue weighted by molar-refractivity contribution is 0.381. The van der Waals surface area contributed by atoms with Crippen LogP contribution < -0.4 is 9.88 Å². The molecule has 0 bridgehead atoms. The molecule has 23 heavy (non-hydrogen) atoms. The molecule has 2 rings (SSSR count). The first kappa shape index (κ1) is 18.2. The van der Waals surface area contributed by atoms with Crippen molar-refractivity contribution < 1.29 is 4.74 Å². The predicted molar refractivity (Wildman–Crippen MR) is 103 cm³/mol. The minimum absolute atomic E-state index is 0.814. The average molecular weight is 349 g/mol. The van der Waals surface area contributed by atoms with Gasteiger partial charge in [0.05, 0.1) is 0 Å². The zero-order chi connectivity index (χ0) is 16.8. The van der Waals surface area contributed by atoms with Gasteiger partial charge in [0.25, 0.3) is 0 Å². The van der Waals surface area contributed by atoms with E-state index in [9.17, 15) is 0 Å². The van der Waals surface area contributed by atoms with Crippen LogP contribution in [0.2, 0.25) is 0 Å². The van der Waals surface area contributed by atoms with E-state index in [1.54, 1.807) is 11.8 Å². The number of allylic oxidation sites excluding steroid dienone is 4. The zero-order valence-corrected chi connectivity index (χ0v) is 15.8. The number of ether oxygens (including phenoxy) is 1. The van der Waals surface area contributed by atoms with Gasteiger partial charge in [-0.25, -0.2) is 0 Å². The van der Waals surface area contributed by atoms with Gasteiger partial charge in [0.2, 0.25) is 0 Å². The monoisotopic (exact) mass is 348 g/mol. The van der Waals surface area contributed by atoms with Crippen LogP contribution >= 0.6 is 23.7 Å². The molecule has 0 saturated heterocycles. The molecule has 1 aliphatic carbocycles. The van der Waals surface area contributed by atoms with E-state index in [1.165, 1.54) is 22.4 Å². The number of hydrogen-bond donors (Lipinski definition) is 1. The van der Waals surface area contributed by atoms with Crippen molar-refractivity contribution in [3.05, 3.63) is 58.2 Å². The first-order valence-electron chi connectivity index (χ1n) is 7.48. The summed E-state index contributed by atoms with van der Waals surface area (Å²) in [4.78, 5) is 4.48. The molecular weight excluding hydrogens is 324 g/mol. The van der Waals surface area contributed by atoms with Crippen LogP contribution in [0.4, 0.5) is 0 Å². The summed E-state index contributed by atoms with van der Waals surface area (Å²) < 4.78 is 6.20. The van der Waals surface area contributed by atoms with E-state index in [-0.39, 0.29) is 0 Å². The lowest BCUT2D eigenvalue weighted by Gasteiger charge is -2.16. The Morgan fingerprint density at radius 3 is 2.70 bits per heavy atom. The van der Waals surface area contributed by atoms with Crippen molar-refractivity contribution in [2.24, 2.45) is 5.14 Å². The summed E-state index contributed by atoms with van der Waals surface area (Å²) in [5.41, 5.74) is 2.38. The molecule has 0 radical (unpaired) electrons. The minimum atomic E-state index is 0.814. The Labute approximate surface area is 147 Å². The number of benzene rings is 1. The molecule has 1 aromatic carbocycles. The molecule has 0 aromatic heterocycles. The number of nitrogens with two attached hydrogens (primary N) is 1. The van der Waals surface area contributed by atoms with Gasteiger partial charge < -0.3 is 9.64 Å². The molecule has 2 N–H and O–H groups in total. The molecule has 1 aliphatic rings. The lowest BCUT2D eigenvalue weighted by atomic mass is 10.2. The van der Waals surface area contributed by atoms with Crippen LogP contribution in [0, 0.1) is 0 Å². The van der Waals surface area contributed by atoms with Crippen molar-refractivity contribution in [1.82, 2.24) is 4.90 Å².